The van der Waals surface area contributed by atoms with Gasteiger partial charge in [-0.2, -0.15) is 13.2 Å². The zero-order valence-corrected chi connectivity index (χ0v) is 9.64. The van der Waals surface area contributed by atoms with Gasteiger partial charge in [-0.1, -0.05) is 6.07 Å². The molecule has 0 fully saturated rings. The van der Waals surface area contributed by atoms with E-state index in [9.17, 15) is 13.2 Å². The molecule has 17 heavy (non-hydrogen) atoms. The Morgan fingerprint density at radius 2 is 2.00 bits per heavy atom. The highest BCUT2D eigenvalue weighted by Gasteiger charge is 2.33. The molecule has 1 aliphatic heterocycles. The topological polar surface area (TPSA) is 21.3 Å². The van der Waals surface area contributed by atoms with Crippen LogP contribution < -0.4 is 5.32 Å². The van der Waals surface area contributed by atoms with Gasteiger partial charge in [0.25, 0.3) is 0 Å². The predicted molar refractivity (Wildman–Crippen MR) is 57.6 cm³/mol. The fourth-order valence-corrected chi connectivity index (χ4v) is 2.08. The average Bonchev–Trinajstić information content (AvgIpc) is 2.28. The summed E-state index contributed by atoms with van der Waals surface area (Å²) in [6.45, 7) is 2.25. The Bertz CT molecular complexity index is 417. The highest BCUT2D eigenvalue weighted by Crippen LogP contribution is 2.37. The molecule has 2 atom stereocenters. The van der Waals surface area contributed by atoms with Crippen LogP contribution in [0.4, 0.5) is 13.2 Å². The first-order valence-electron chi connectivity index (χ1n) is 5.43. The van der Waals surface area contributed by atoms with E-state index in [4.69, 9.17) is 4.74 Å². The molecular weight excluding hydrogens is 231 g/mol. The molecule has 2 nitrogen and oxygen atoms in total. The van der Waals surface area contributed by atoms with Crippen LogP contribution in [0.3, 0.4) is 0 Å². The molecule has 0 aliphatic carbocycles. The number of ether oxygens (including phenoxy) is 1. The molecule has 0 saturated carbocycles. The van der Waals surface area contributed by atoms with E-state index in [0.717, 1.165) is 11.6 Å². The number of likely N-dealkylation sites (N-methyl/N-ethyl adjacent to an activating group) is 1. The average molecular weight is 245 g/mol. The number of rotatable bonds is 1. The summed E-state index contributed by atoms with van der Waals surface area (Å²) in [5.74, 6) is 0. The summed E-state index contributed by atoms with van der Waals surface area (Å²) in [4.78, 5) is 0. The van der Waals surface area contributed by atoms with Gasteiger partial charge in [0.15, 0.2) is 0 Å². The van der Waals surface area contributed by atoms with Gasteiger partial charge in [0, 0.05) is 0 Å². The standard InChI is InChI=1S/C12H14F3NO/c1-7-10-5-8(12(13,14)15)3-4-9(10)11(16-2)6-17-7/h3-5,7,11,16H,6H2,1-2H3/t7?,11-/m0/s1. The van der Waals surface area contributed by atoms with Gasteiger partial charge < -0.3 is 10.1 Å². The molecule has 0 amide bonds. The number of benzene rings is 1. The van der Waals surface area contributed by atoms with Gasteiger partial charge in [-0.25, -0.2) is 0 Å². The first-order chi connectivity index (χ1) is 7.93. The van der Waals surface area contributed by atoms with Gasteiger partial charge in [-0.3, -0.25) is 0 Å². The molecule has 0 saturated heterocycles. The molecule has 1 aromatic carbocycles. The van der Waals surface area contributed by atoms with Gasteiger partial charge in [0.2, 0.25) is 0 Å². The van der Waals surface area contributed by atoms with E-state index in [1.165, 1.54) is 6.07 Å². The molecule has 1 aliphatic rings. The van der Waals surface area contributed by atoms with Crippen molar-refractivity contribution in [2.75, 3.05) is 13.7 Å². The monoisotopic (exact) mass is 245 g/mol. The lowest BCUT2D eigenvalue weighted by Gasteiger charge is -2.30. The van der Waals surface area contributed by atoms with Crippen molar-refractivity contribution in [3.63, 3.8) is 0 Å². The summed E-state index contributed by atoms with van der Waals surface area (Å²) in [6, 6.07) is 3.81. The lowest BCUT2D eigenvalue weighted by atomic mass is 9.93. The van der Waals surface area contributed by atoms with E-state index in [-0.39, 0.29) is 12.1 Å². The molecule has 5 heteroatoms. The maximum absolute atomic E-state index is 12.6. The second-order valence-corrected chi connectivity index (χ2v) is 4.16. The molecule has 2 rings (SSSR count). The van der Waals surface area contributed by atoms with E-state index in [1.54, 1.807) is 20.0 Å². The van der Waals surface area contributed by atoms with Crippen LogP contribution in [-0.4, -0.2) is 13.7 Å². The third-order valence-electron chi connectivity index (χ3n) is 3.09. The SMILES string of the molecule is CN[C@H]1COC(C)c2cc(C(F)(F)F)ccc21. The number of halogens is 3. The van der Waals surface area contributed by atoms with E-state index in [2.05, 4.69) is 5.32 Å². The molecule has 94 valence electrons. The van der Waals surface area contributed by atoms with Crippen molar-refractivity contribution in [1.82, 2.24) is 5.32 Å². The van der Waals surface area contributed by atoms with Crippen LogP contribution in [0.2, 0.25) is 0 Å². The van der Waals surface area contributed by atoms with Gasteiger partial charge in [-0.15, -0.1) is 0 Å². The van der Waals surface area contributed by atoms with Crippen molar-refractivity contribution in [1.29, 1.82) is 0 Å². The van der Waals surface area contributed by atoms with Gasteiger partial charge >= 0.3 is 6.18 Å². The summed E-state index contributed by atoms with van der Waals surface area (Å²) in [7, 11) is 1.77. The molecule has 0 aromatic heterocycles. The van der Waals surface area contributed by atoms with E-state index >= 15 is 0 Å². The first-order valence-corrected chi connectivity index (χ1v) is 5.43. The summed E-state index contributed by atoms with van der Waals surface area (Å²) in [5.41, 5.74) is 0.883. The highest BCUT2D eigenvalue weighted by atomic mass is 19.4. The van der Waals surface area contributed by atoms with Crippen LogP contribution >= 0.6 is 0 Å². The fraction of sp³-hybridized carbons (Fsp3) is 0.500. The maximum Gasteiger partial charge on any atom is 0.416 e. The van der Waals surface area contributed by atoms with E-state index < -0.39 is 11.7 Å². The number of nitrogens with one attached hydrogen (secondary N) is 1. The third kappa shape index (κ3) is 2.30. The van der Waals surface area contributed by atoms with E-state index in [0.29, 0.717) is 12.2 Å². The Labute approximate surface area is 97.8 Å². The number of hydrogen-bond donors (Lipinski definition) is 1. The third-order valence-corrected chi connectivity index (χ3v) is 3.09. The minimum Gasteiger partial charge on any atom is -0.372 e. The van der Waals surface area contributed by atoms with Crippen LogP contribution in [0, 0.1) is 0 Å². The predicted octanol–water partition coefficient (Wildman–Crippen LogP) is 3.06. The van der Waals surface area contributed by atoms with Gasteiger partial charge in [0.1, 0.15) is 0 Å². The van der Waals surface area contributed by atoms with Crippen molar-refractivity contribution < 1.29 is 17.9 Å². The van der Waals surface area contributed by atoms with Gasteiger partial charge in [0.05, 0.1) is 24.3 Å². The smallest absolute Gasteiger partial charge is 0.372 e. The Balaban J connectivity index is 2.46. The molecule has 1 N–H and O–H groups in total. The molecule has 1 aromatic rings. The molecule has 0 spiro atoms. The highest BCUT2D eigenvalue weighted by molar-refractivity contribution is 5.38. The minimum absolute atomic E-state index is 0.0384. The zero-order valence-electron chi connectivity index (χ0n) is 9.64. The Morgan fingerprint density at radius 1 is 1.29 bits per heavy atom. The summed E-state index contributed by atoms with van der Waals surface area (Å²) < 4.78 is 43.3. The number of fused-ring (bicyclic) bond motifs is 1. The molecule has 0 radical (unpaired) electrons. The number of hydrogen-bond acceptors (Lipinski definition) is 2. The minimum atomic E-state index is -4.30. The van der Waals surface area contributed by atoms with E-state index in [1.807, 2.05) is 0 Å². The van der Waals surface area contributed by atoms with Crippen molar-refractivity contribution in [2.45, 2.75) is 25.2 Å². The molecular formula is C12H14F3NO. The van der Waals surface area contributed by atoms with Crippen LogP contribution in [0.5, 0.6) is 0 Å². The molecule has 1 unspecified atom stereocenters. The summed E-state index contributed by atoms with van der Waals surface area (Å²) in [6.07, 6.45) is -4.60. The Morgan fingerprint density at radius 3 is 2.59 bits per heavy atom. The van der Waals surface area contributed by atoms with Crippen LogP contribution in [0.25, 0.3) is 0 Å². The van der Waals surface area contributed by atoms with Gasteiger partial charge in [-0.05, 0) is 37.2 Å². The lowest BCUT2D eigenvalue weighted by molar-refractivity contribution is -0.137. The maximum atomic E-state index is 12.6. The normalized spacial score (nSPS) is 24.5. The van der Waals surface area contributed by atoms with Crippen LogP contribution in [0.15, 0.2) is 18.2 Å². The van der Waals surface area contributed by atoms with Crippen molar-refractivity contribution in [2.24, 2.45) is 0 Å². The second kappa shape index (κ2) is 4.31. The van der Waals surface area contributed by atoms with Crippen LogP contribution in [-0.2, 0) is 10.9 Å². The summed E-state index contributed by atoms with van der Waals surface area (Å²) in [5, 5.41) is 3.03. The fourth-order valence-electron chi connectivity index (χ4n) is 2.08. The Hall–Kier alpha value is -1.07. The van der Waals surface area contributed by atoms with Crippen molar-refractivity contribution in [3.05, 3.63) is 34.9 Å². The Kier molecular flexibility index (Phi) is 3.14. The zero-order chi connectivity index (χ0) is 12.6. The number of alkyl halides is 3. The lowest BCUT2D eigenvalue weighted by Crippen LogP contribution is -2.28. The second-order valence-electron chi connectivity index (χ2n) is 4.16. The summed E-state index contributed by atoms with van der Waals surface area (Å²) >= 11 is 0. The largest absolute Gasteiger partial charge is 0.416 e. The molecule has 1 heterocycles. The quantitative estimate of drug-likeness (QED) is 0.821. The van der Waals surface area contributed by atoms with Crippen molar-refractivity contribution in [3.8, 4) is 0 Å². The van der Waals surface area contributed by atoms with Crippen LogP contribution in [0.1, 0.15) is 35.8 Å². The van der Waals surface area contributed by atoms with Crippen molar-refractivity contribution >= 4 is 0 Å². The molecule has 0 bridgehead atoms. The first kappa shape index (κ1) is 12.4.